The highest BCUT2D eigenvalue weighted by Gasteiger charge is 1.99. The molecule has 4 heteroatoms. The summed E-state index contributed by atoms with van der Waals surface area (Å²) in [6, 6.07) is 8.24. The van der Waals surface area contributed by atoms with Crippen LogP contribution in [0, 0.1) is 0 Å². The Morgan fingerprint density at radius 1 is 1.43 bits per heavy atom. The molecule has 1 aromatic carbocycles. The minimum Gasteiger partial charge on any atom is -0.326 e. The van der Waals surface area contributed by atoms with E-state index in [1.807, 2.05) is 23.7 Å². The van der Waals surface area contributed by atoms with E-state index in [0.717, 1.165) is 9.90 Å². The molecule has 1 aromatic heterocycles. The monoisotopic (exact) mass is 222 g/mol. The first-order valence-corrected chi connectivity index (χ1v) is 5.94. The summed E-state index contributed by atoms with van der Waals surface area (Å²) in [6.45, 7) is 0.590. The predicted octanol–water partition coefficient (Wildman–Crippen LogP) is 2.75. The van der Waals surface area contributed by atoms with Crippen LogP contribution in [0.25, 0.3) is 0 Å². The largest absolute Gasteiger partial charge is 0.326 e. The number of aromatic nitrogens is 1. The van der Waals surface area contributed by atoms with Crippen molar-refractivity contribution in [2.75, 3.05) is 0 Å². The average Bonchev–Trinajstić information content (AvgIpc) is 2.71. The Morgan fingerprint density at radius 2 is 2.36 bits per heavy atom. The summed E-state index contributed by atoms with van der Waals surface area (Å²) >= 11 is 3.33. The maximum absolute atomic E-state index is 5.57. The molecule has 2 nitrogen and oxygen atoms in total. The molecule has 2 aromatic rings. The normalized spacial score (nSPS) is 10.4. The quantitative estimate of drug-likeness (QED) is 0.868. The van der Waals surface area contributed by atoms with Gasteiger partial charge in [0.2, 0.25) is 0 Å². The molecule has 1 heterocycles. The third kappa shape index (κ3) is 2.35. The van der Waals surface area contributed by atoms with Crippen molar-refractivity contribution in [3.05, 3.63) is 41.4 Å². The van der Waals surface area contributed by atoms with Crippen molar-refractivity contribution in [1.29, 1.82) is 0 Å². The molecule has 72 valence electrons. The second-order valence-electron chi connectivity index (χ2n) is 2.75. The maximum Gasteiger partial charge on any atom is 0.154 e. The summed E-state index contributed by atoms with van der Waals surface area (Å²) in [5.41, 5.74) is 6.73. The van der Waals surface area contributed by atoms with E-state index in [9.17, 15) is 0 Å². The summed E-state index contributed by atoms with van der Waals surface area (Å²) in [6.07, 6.45) is 1.82. The summed E-state index contributed by atoms with van der Waals surface area (Å²) < 4.78 is 1.07. The van der Waals surface area contributed by atoms with E-state index in [0.29, 0.717) is 6.54 Å². The Labute approximate surface area is 91.2 Å². The Morgan fingerprint density at radius 3 is 3.07 bits per heavy atom. The lowest BCUT2D eigenvalue weighted by molar-refractivity contribution is 1.06. The van der Waals surface area contributed by atoms with Crippen molar-refractivity contribution in [2.45, 2.75) is 15.8 Å². The molecule has 14 heavy (non-hydrogen) atoms. The number of hydrogen-bond acceptors (Lipinski definition) is 4. The van der Waals surface area contributed by atoms with Crippen LogP contribution in [-0.4, -0.2) is 4.98 Å². The Kier molecular flexibility index (Phi) is 3.18. The zero-order chi connectivity index (χ0) is 9.80. The van der Waals surface area contributed by atoms with E-state index >= 15 is 0 Å². The molecule has 2 N–H and O–H groups in total. The van der Waals surface area contributed by atoms with Crippen LogP contribution in [0.15, 0.2) is 45.1 Å². The number of hydrogen-bond donors (Lipinski definition) is 1. The molecule has 0 fully saturated rings. The zero-order valence-corrected chi connectivity index (χ0v) is 9.15. The summed E-state index contributed by atoms with van der Waals surface area (Å²) in [5.74, 6) is 0. The van der Waals surface area contributed by atoms with Gasteiger partial charge >= 0.3 is 0 Å². The van der Waals surface area contributed by atoms with Gasteiger partial charge in [0, 0.05) is 23.0 Å². The average molecular weight is 222 g/mol. The molecule has 0 unspecified atom stereocenters. The van der Waals surface area contributed by atoms with Crippen LogP contribution >= 0.6 is 23.1 Å². The lowest BCUT2D eigenvalue weighted by atomic mass is 10.2. The van der Waals surface area contributed by atoms with Gasteiger partial charge in [-0.3, -0.25) is 0 Å². The first-order chi connectivity index (χ1) is 6.88. The summed E-state index contributed by atoms with van der Waals surface area (Å²) in [4.78, 5) is 5.41. The minimum atomic E-state index is 0.590. The van der Waals surface area contributed by atoms with Crippen molar-refractivity contribution in [1.82, 2.24) is 4.98 Å². The van der Waals surface area contributed by atoms with E-state index in [4.69, 9.17) is 5.73 Å². The van der Waals surface area contributed by atoms with Gasteiger partial charge in [0.15, 0.2) is 4.34 Å². The van der Waals surface area contributed by atoms with E-state index in [1.165, 1.54) is 4.90 Å². The zero-order valence-electron chi connectivity index (χ0n) is 7.51. The molecule has 0 aliphatic heterocycles. The highest BCUT2D eigenvalue weighted by molar-refractivity contribution is 8.01. The number of thiazole rings is 1. The first-order valence-electron chi connectivity index (χ1n) is 4.25. The van der Waals surface area contributed by atoms with E-state index in [2.05, 4.69) is 17.1 Å². The third-order valence-corrected chi connectivity index (χ3v) is 3.62. The van der Waals surface area contributed by atoms with Crippen molar-refractivity contribution in [3.8, 4) is 0 Å². The lowest BCUT2D eigenvalue weighted by Crippen LogP contribution is -1.95. The van der Waals surface area contributed by atoms with Gasteiger partial charge in [0.05, 0.1) is 0 Å². The van der Waals surface area contributed by atoms with Crippen LogP contribution in [0.1, 0.15) is 5.56 Å². The SMILES string of the molecule is NCc1cccc(Sc2nccs2)c1. The topological polar surface area (TPSA) is 38.9 Å². The summed E-state index contributed by atoms with van der Waals surface area (Å²) in [5, 5.41) is 1.98. The molecule has 2 rings (SSSR count). The second-order valence-corrected chi connectivity index (χ2v) is 4.97. The van der Waals surface area contributed by atoms with Gasteiger partial charge in [0.1, 0.15) is 0 Å². The van der Waals surface area contributed by atoms with Crippen molar-refractivity contribution >= 4 is 23.1 Å². The Hall–Kier alpha value is -0.840. The lowest BCUT2D eigenvalue weighted by Gasteiger charge is -2.00. The highest BCUT2D eigenvalue weighted by Crippen LogP contribution is 2.29. The molecule has 0 aliphatic rings. The Balaban J connectivity index is 2.17. The van der Waals surface area contributed by atoms with E-state index < -0.39 is 0 Å². The molecular formula is C10H10N2S2. The molecule has 0 saturated carbocycles. The fourth-order valence-corrected chi connectivity index (χ4v) is 2.78. The number of nitrogens with two attached hydrogens (primary N) is 1. The van der Waals surface area contributed by atoms with E-state index in [1.54, 1.807) is 23.1 Å². The summed E-state index contributed by atoms with van der Waals surface area (Å²) in [7, 11) is 0. The van der Waals surface area contributed by atoms with Crippen LogP contribution in [0.2, 0.25) is 0 Å². The fourth-order valence-electron chi connectivity index (χ4n) is 1.10. The van der Waals surface area contributed by atoms with Gasteiger partial charge in [-0.2, -0.15) is 0 Å². The van der Waals surface area contributed by atoms with Crippen LogP contribution in [0.4, 0.5) is 0 Å². The molecule has 0 radical (unpaired) electrons. The third-order valence-electron chi connectivity index (χ3n) is 1.75. The van der Waals surface area contributed by atoms with Gasteiger partial charge in [0.25, 0.3) is 0 Å². The van der Waals surface area contributed by atoms with E-state index in [-0.39, 0.29) is 0 Å². The molecule has 0 spiro atoms. The van der Waals surface area contributed by atoms with Gasteiger partial charge in [-0.05, 0) is 17.7 Å². The molecule has 0 atom stereocenters. The number of benzene rings is 1. The van der Waals surface area contributed by atoms with Crippen LogP contribution in [0.3, 0.4) is 0 Å². The molecule has 0 amide bonds. The van der Waals surface area contributed by atoms with Crippen LogP contribution in [0.5, 0.6) is 0 Å². The molecule has 0 aliphatic carbocycles. The fraction of sp³-hybridized carbons (Fsp3) is 0.100. The first kappa shape index (κ1) is 9.71. The Bertz CT molecular complexity index is 398. The van der Waals surface area contributed by atoms with Gasteiger partial charge in [-0.1, -0.05) is 23.9 Å². The van der Waals surface area contributed by atoms with Crippen molar-refractivity contribution in [2.24, 2.45) is 5.73 Å². The minimum absolute atomic E-state index is 0.590. The molecule has 0 bridgehead atoms. The molecular weight excluding hydrogens is 212 g/mol. The van der Waals surface area contributed by atoms with Gasteiger partial charge in [-0.15, -0.1) is 11.3 Å². The number of nitrogens with zero attached hydrogens (tertiary/aromatic N) is 1. The number of rotatable bonds is 3. The van der Waals surface area contributed by atoms with Crippen LogP contribution in [-0.2, 0) is 6.54 Å². The second kappa shape index (κ2) is 4.59. The highest BCUT2D eigenvalue weighted by atomic mass is 32.2. The van der Waals surface area contributed by atoms with Crippen LogP contribution < -0.4 is 5.73 Å². The van der Waals surface area contributed by atoms with Crippen molar-refractivity contribution < 1.29 is 0 Å². The smallest absolute Gasteiger partial charge is 0.154 e. The molecule has 0 saturated heterocycles. The van der Waals surface area contributed by atoms with Gasteiger partial charge < -0.3 is 5.73 Å². The standard InChI is InChI=1S/C10H10N2S2/c11-7-8-2-1-3-9(6-8)14-10-12-4-5-13-10/h1-6H,7,11H2. The van der Waals surface area contributed by atoms with Gasteiger partial charge in [-0.25, -0.2) is 4.98 Å². The maximum atomic E-state index is 5.57. The van der Waals surface area contributed by atoms with Crippen molar-refractivity contribution in [3.63, 3.8) is 0 Å². The predicted molar refractivity (Wildman–Crippen MR) is 60.6 cm³/mol.